The Bertz CT molecular complexity index is 1490. The molecule has 0 fully saturated rings. The maximum atomic E-state index is 12.5. The van der Waals surface area contributed by atoms with Crippen molar-refractivity contribution in [2.75, 3.05) is 6.61 Å². The van der Waals surface area contributed by atoms with Crippen molar-refractivity contribution in [3.05, 3.63) is 134 Å². The molecule has 4 heteroatoms. The molecule has 0 saturated carbocycles. The minimum atomic E-state index is -0.894. The fourth-order valence-electron chi connectivity index (χ4n) is 8.87. The average molecular weight is 1020 g/mol. The minimum absolute atomic E-state index is 0.106. The van der Waals surface area contributed by atoms with Crippen LogP contribution in [-0.2, 0) is 4.79 Å². The zero-order valence-corrected chi connectivity index (χ0v) is 48.6. The second-order valence-corrected chi connectivity index (χ2v) is 20.7. The molecule has 0 aliphatic rings. The molecule has 4 nitrogen and oxygen atoms in total. The molecule has 0 aliphatic heterocycles. The first-order valence-corrected chi connectivity index (χ1v) is 31.4. The molecule has 2 atom stereocenters. The van der Waals surface area contributed by atoms with Crippen LogP contribution in [0.15, 0.2) is 134 Å². The number of nitrogens with one attached hydrogen (secondary N) is 1. The lowest BCUT2D eigenvalue weighted by molar-refractivity contribution is -0.123. The van der Waals surface area contributed by atoms with Crippen molar-refractivity contribution in [1.82, 2.24) is 5.32 Å². The highest BCUT2D eigenvalue weighted by molar-refractivity contribution is 5.76. The molecule has 0 aromatic carbocycles. The predicted molar refractivity (Wildman–Crippen MR) is 331 cm³/mol. The highest BCUT2D eigenvalue weighted by Gasteiger charge is 2.18. The van der Waals surface area contributed by atoms with Gasteiger partial charge in [0.25, 0.3) is 0 Å². The number of hydrogen-bond donors (Lipinski definition) is 3. The lowest BCUT2D eigenvalue weighted by Gasteiger charge is -2.19. The van der Waals surface area contributed by atoms with E-state index < -0.39 is 12.1 Å². The van der Waals surface area contributed by atoms with Gasteiger partial charge in [0, 0.05) is 6.42 Å². The van der Waals surface area contributed by atoms with Gasteiger partial charge in [-0.05, 0) is 109 Å². The first-order chi connectivity index (χ1) is 36.7. The molecule has 0 heterocycles. The molecular formula is C70H119NO3. The van der Waals surface area contributed by atoms with Crippen LogP contribution in [-0.4, -0.2) is 34.9 Å². The van der Waals surface area contributed by atoms with E-state index in [2.05, 4.69) is 141 Å². The Morgan fingerprint density at radius 1 is 0.338 bits per heavy atom. The quantitative estimate of drug-likeness (QED) is 0.0420. The fourth-order valence-corrected chi connectivity index (χ4v) is 8.87. The minimum Gasteiger partial charge on any atom is -0.394 e. The number of unbranched alkanes of at least 4 members (excludes halogenated alkanes) is 29. The third kappa shape index (κ3) is 59.4. The highest BCUT2D eigenvalue weighted by atomic mass is 16.3. The molecule has 0 aliphatic carbocycles. The van der Waals surface area contributed by atoms with Gasteiger partial charge in [-0.25, -0.2) is 0 Å². The number of amides is 1. The van der Waals surface area contributed by atoms with Crippen LogP contribution < -0.4 is 5.32 Å². The van der Waals surface area contributed by atoms with Gasteiger partial charge in [-0.1, -0.05) is 302 Å². The van der Waals surface area contributed by atoms with E-state index >= 15 is 0 Å². The highest BCUT2D eigenvalue weighted by Crippen LogP contribution is 2.16. The summed E-state index contributed by atoms with van der Waals surface area (Å²) in [4.78, 5) is 12.5. The topological polar surface area (TPSA) is 69.6 Å². The maximum Gasteiger partial charge on any atom is 0.220 e. The van der Waals surface area contributed by atoms with Crippen molar-refractivity contribution in [3.8, 4) is 0 Å². The van der Waals surface area contributed by atoms with Gasteiger partial charge in [0.05, 0.1) is 18.8 Å². The monoisotopic (exact) mass is 1020 g/mol. The molecule has 74 heavy (non-hydrogen) atoms. The number of rotatable bonds is 56. The van der Waals surface area contributed by atoms with E-state index in [-0.39, 0.29) is 12.5 Å². The van der Waals surface area contributed by atoms with Crippen LogP contribution in [0.2, 0.25) is 0 Å². The molecule has 0 spiro atoms. The number of aliphatic hydroxyl groups excluding tert-OH is 2. The first kappa shape index (κ1) is 70.5. The Morgan fingerprint density at radius 3 is 0.946 bits per heavy atom. The molecule has 2 unspecified atom stereocenters. The van der Waals surface area contributed by atoms with Crippen LogP contribution in [0.3, 0.4) is 0 Å². The van der Waals surface area contributed by atoms with Gasteiger partial charge in [-0.2, -0.15) is 0 Å². The molecule has 0 radical (unpaired) electrons. The summed E-state index contributed by atoms with van der Waals surface area (Å²) in [6, 6.07) is -0.672. The molecule has 3 N–H and O–H groups in total. The smallest absolute Gasteiger partial charge is 0.220 e. The van der Waals surface area contributed by atoms with E-state index in [9.17, 15) is 15.0 Å². The molecule has 1 amide bonds. The lowest BCUT2D eigenvalue weighted by Crippen LogP contribution is -2.45. The van der Waals surface area contributed by atoms with E-state index in [4.69, 9.17) is 0 Å². The van der Waals surface area contributed by atoms with Gasteiger partial charge in [0.15, 0.2) is 0 Å². The molecular weight excluding hydrogens is 903 g/mol. The Labute approximate surface area is 460 Å². The summed E-state index contributed by atoms with van der Waals surface area (Å²) in [5.74, 6) is -0.106. The summed E-state index contributed by atoms with van der Waals surface area (Å²) in [6.07, 6.45) is 99.3. The van der Waals surface area contributed by atoms with E-state index in [0.29, 0.717) is 6.42 Å². The zero-order chi connectivity index (χ0) is 53.4. The summed E-state index contributed by atoms with van der Waals surface area (Å²) in [6.45, 7) is 4.18. The van der Waals surface area contributed by atoms with E-state index in [0.717, 1.165) is 109 Å². The van der Waals surface area contributed by atoms with E-state index in [1.54, 1.807) is 6.08 Å². The third-order valence-electron chi connectivity index (χ3n) is 13.6. The summed E-state index contributed by atoms with van der Waals surface area (Å²) in [7, 11) is 0. The molecule has 0 rings (SSSR count). The van der Waals surface area contributed by atoms with Crippen LogP contribution in [0.4, 0.5) is 0 Å². The summed E-state index contributed by atoms with van der Waals surface area (Å²) in [5, 5.41) is 23.2. The first-order valence-electron chi connectivity index (χ1n) is 31.4. The third-order valence-corrected chi connectivity index (χ3v) is 13.6. The Morgan fingerprint density at radius 2 is 0.608 bits per heavy atom. The van der Waals surface area contributed by atoms with Crippen molar-refractivity contribution < 1.29 is 15.0 Å². The normalized spacial score (nSPS) is 13.7. The lowest BCUT2D eigenvalue weighted by atomic mass is 10.0. The van der Waals surface area contributed by atoms with Crippen molar-refractivity contribution in [2.24, 2.45) is 0 Å². The number of carbonyl (C=O) groups is 1. The Balaban J connectivity index is 3.65. The maximum absolute atomic E-state index is 12.5. The summed E-state index contributed by atoms with van der Waals surface area (Å²) < 4.78 is 0. The van der Waals surface area contributed by atoms with Gasteiger partial charge < -0.3 is 15.5 Å². The van der Waals surface area contributed by atoms with Crippen LogP contribution in [0.5, 0.6) is 0 Å². The second kappa shape index (κ2) is 63.8. The summed E-state index contributed by atoms with van der Waals surface area (Å²) >= 11 is 0. The van der Waals surface area contributed by atoms with Gasteiger partial charge >= 0.3 is 0 Å². The SMILES string of the molecule is CC/C=C\C/C=C\C/C=C\C/C=C\C/C=C\C/C=C\C/C=C\C/C=C\CCCCCCC(=O)NC(CO)C(O)/C=C/CC/C=C/CC/C=C/CCCCCCCCCCCCCCCCCCCCCCCCC. The standard InChI is InChI=1S/C70H119NO3/c1-3-5-7-9-11-13-15-17-19-21-23-25-27-29-31-33-34-35-36-38-39-41-43-45-47-49-51-53-55-57-59-61-63-65-69(73)68(67-72)71-70(74)66-64-62-60-58-56-54-52-50-48-46-44-42-40-37-32-30-28-26-24-22-20-18-16-14-12-10-8-6-4-2/h6,8,12,14,18,20,24,26,30,32,40,42,46-49,52,54-55,57,63,65,68-69,72-73H,3-5,7,9-11,13,15-17,19,21-23,25,27-29,31,33-39,41,43-45,50-51,53,56,58-62,64,66-67H2,1-2H3,(H,71,74)/b8-6-,14-12-,20-18-,26-24-,32-30-,42-40-,48-46-,49-47+,54-52-,57-55+,65-63+. The van der Waals surface area contributed by atoms with Crippen LogP contribution in [0.1, 0.15) is 284 Å². The zero-order valence-electron chi connectivity index (χ0n) is 48.6. The number of aliphatic hydroxyl groups is 2. The second-order valence-electron chi connectivity index (χ2n) is 20.7. The predicted octanol–water partition coefficient (Wildman–Crippen LogP) is 21.4. The Kier molecular flexibility index (Phi) is 60.8. The molecule has 0 bridgehead atoms. The van der Waals surface area contributed by atoms with Crippen molar-refractivity contribution in [3.63, 3.8) is 0 Å². The molecule has 0 aromatic heterocycles. The van der Waals surface area contributed by atoms with Crippen molar-refractivity contribution in [1.29, 1.82) is 0 Å². The van der Waals surface area contributed by atoms with Crippen molar-refractivity contribution >= 4 is 5.91 Å². The van der Waals surface area contributed by atoms with Crippen molar-refractivity contribution in [2.45, 2.75) is 296 Å². The van der Waals surface area contributed by atoms with Gasteiger partial charge in [-0.15, -0.1) is 0 Å². The number of allylic oxidation sites excluding steroid dienone is 21. The average Bonchev–Trinajstić information content (AvgIpc) is 3.40. The number of hydrogen-bond acceptors (Lipinski definition) is 3. The van der Waals surface area contributed by atoms with Gasteiger partial charge in [0.1, 0.15) is 0 Å². The molecule has 0 aromatic rings. The number of carbonyl (C=O) groups excluding carboxylic acids is 1. The van der Waals surface area contributed by atoms with Gasteiger partial charge in [-0.3, -0.25) is 4.79 Å². The van der Waals surface area contributed by atoms with E-state index in [1.165, 1.54) is 154 Å². The van der Waals surface area contributed by atoms with Crippen LogP contribution in [0.25, 0.3) is 0 Å². The molecule has 0 saturated heterocycles. The summed E-state index contributed by atoms with van der Waals surface area (Å²) in [5.41, 5.74) is 0. The largest absolute Gasteiger partial charge is 0.394 e. The fraction of sp³-hybridized carbons (Fsp3) is 0.671. The van der Waals surface area contributed by atoms with E-state index in [1.807, 2.05) is 6.08 Å². The Hall–Kier alpha value is -3.47. The van der Waals surface area contributed by atoms with Gasteiger partial charge in [0.2, 0.25) is 5.91 Å². The van der Waals surface area contributed by atoms with Crippen LogP contribution in [0, 0.1) is 0 Å². The molecule has 422 valence electrons. The van der Waals surface area contributed by atoms with Crippen LogP contribution >= 0.6 is 0 Å².